The van der Waals surface area contributed by atoms with Crippen molar-refractivity contribution in [1.82, 2.24) is 0 Å². The first-order valence-electron chi connectivity index (χ1n) is 4.84. The summed E-state index contributed by atoms with van der Waals surface area (Å²) in [7, 11) is 0. The van der Waals surface area contributed by atoms with Crippen molar-refractivity contribution in [3.63, 3.8) is 0 Å². The van der Waals surface area contributed by atoms with Crippen molar-refractivity contribution >= 4 is 28.3 Å². The van der Waals surface area contributed by atoms with Crippen LogP contribution < -0.4 is 5.73 Å². The summed E-state index contributed by atoms with van der Waals surface area (Å²) in [5, 5.41) is 19.0. The van der Waals surface area contributed by atoms with Crippen LogP contribution in [-0.4, -0.2) is 16.8 Å². The molecule has 0 fully saturated rings. The molecule has 17 heavy (non-hydrogen) atoms. The second kappa shape index (κ2) is 6.00. The molecule has 0 amide bonds. The molecule has 1 aromatic rings. The zero-order chi connectivity index (χ0) is 12.5. The molecular weight excluding hydrogens is 312 g/mol. The Morgan fingerprint density at radius 1 is 1.47 bits per heavy atom. The third-order valence-corrected chi connectivity index (χ3v) is 3.25. The van der Waals surface area contributed by atoms with Gasteiger partial charge in [0.05, 0.1) is 4.47 Å². The summed E-state index contributed by atoms with van der Waals surface area (Å²) in [4.78, 5) is 0. The number of rotatable bonds is 3. The molecule has 0 aromatic heterocycles. The van der Waals surface area contributed by atoms with Crippen LogP contribution in [0.1, 0.15) is 25.5 Å². The van der Waals surface area contributed by atoms with Gasteiger partial charge in [0.1, 0.15) is 11.6 Å². The molecule has 0 spiro atoms. The topological polar surface area (TPSA) is 66.5 Å². The molecule has 1 aromatic carbocycles. The lowest BCUT2D eigenvalue weighted by Crippen LogP contribution is -2.32. The van der Waals surface area contributed by atoms with E-state index in [1.165, 1.54) is 6.07 Å². The molecule has 0 saturated heterocycles. The number of aliphatic hydroxyl groups excluding tert-OH is 1. The van der Waals surface area contributed by atoms with Crippen LogP contribution in [0.15, 0.2) is 16.6 Å². The van der Waals surface area contributed by atoms with Crippen LogP contribution in [0.4, 0.5) is 4.39 Å². The molecular formula is C11H16BrClFNO2. The van der Waals surface area contributed by atoms with E-state index in [0.717, 1.165) is 6.07 Å². The third kappa shape index (κ3) is 3.55. The van der Waals surface area contributed by atoms with Crippen molar-refractivity contribution in [2.24, 2.45) is 11.1 Å². The number of phenolic OH excluding ortho intramolecular Hbond substituents is 1. The molecule has 4 N–H and O–H groups in total. The SMILES string of the molecule is CC(C)(CO)[C@H](N)c1cc(F)cc(Br)c1O.Cl. The monoisotopic (exact) mass is 327 g/mol. The van der Waals surface area contributed by atoms with Crippen LogP contribution in [0, 0.1) is 11.2 Å². The number of nitrogens with two attached hydrogens (primary N) is 1. The molecule has 0 aliphatic heterocycles. The number of benzene rings is 1. The summed E-state index contributed by atoms with van der Waals surface area (Å²) in [5.41, 5.74) is 5.56. The minimum Gasteiger partial charge on any atom is -0.506 e. The smallest absolute Gasteiger partial charge is 0.134 e. The third-order valence-electron chi connectivity index (χ3n) is 2.64. The predicted octanol–water partition coefficient (Wildman–Crippen LogP) is 2.73. The van der Waals surface area contributed by atoms with Crippen molar-refractivity contribution in [2.75, 3.05) is 6.61 Å². The molecule has 1 rings (SSSR count). The van der Waals surface area contributed by atoms with Gasteiger partial charge in [-0.15, -0.1) is 12.4 Å². The van der Waals surface area contributed by atoms with Gasteiger partial charge in [0, 0.05) is 23.6 Å². The summed E-state index contributed by atoms with van der Waals surface area (Å²) < 4.78 is 13.5. The maximum absolute atomic E-state index is 13.2. The van der Waals surface area contributed by atoms with Crippen LogP contribution in [0.25, 0.3) is 0 Å². The van der Waals surface area contributed by atoms with Gasteiger partial charge in [-0.3, -0.25) is 0 Å². The molecule has 0 radical (unpaired) electrons. The van der Waals surface area contributed by atoms with Gasteiger partial charge in [-0.25, -0.2) is 4.39 Å². The normalized spacial score (nSPS) is 13.1. The fourth-order valence-corrected chi connectivity index (χ4v) is 1.79. The summed E-state index contributed by atoms with van der Waals surface area (Å²) in [6.07, 6.45) is 0. The highest BCUT2D eigenvalue weighted by atomic mass is 79.9. The van der Waals surface area contributed by atoms with Crippen LogP contribution in [0.2, 0.25) is 0 Å². The number of aliphatic hydroxyl groups is 1. The summed E-state index contributed by atoms with van der Waals surface area (Å²) in [6, 6.07) is 1.70. The van der Waals surface area contributed by atoms with Crippen molar-refractivity contribution in [2.45, 2.75) is 19.9 Å². The Labute approximate surface area is 114 Å². The van der Waals surface area contributed by atoms with Crippen LogP contribution in [0.3, 0.4) is 0 Å². The maximum atomic E-state index is 13.2. The van der Waals surface area contributed by atoms with E-state index >= 15 is 0 Å². The Morgan fingerprint density at radius 3 is 2.47 bits per heavy atom. The Morgan fingerprint density at radius 2 is 2.00 bits per heavy atom. The Balaban J connectivity index is 0.00000256. The van der Waals surface area contributed by atoms with E-state index in [1.54, 1.807) is 13.8 Å². The van der Waals surface area contributed by atoms with E-state index in [0.29, 0.717) is 0 Å². The van der Waals surface area contributed by atoms with E-state index in [4.69, 9.17) is 5.73 Å². The molecule has 3 nitrogen and oxygen atoms in total. The van der Waals surface area contributed by atoms with Crippen LogP contribution >= 0.6 is 28.3 Å². The highest BCUT2D eigenvalue weighted by Crippen LogP contribution is 2.39. The number of hydrogen-bond donors (Lipinski definition) is 3. The molecule has 98 valence electrons. The summed E-state index contributed by atoms with van der Waals surface area (Å²) in [5.74, 6) is -0.570. The molecule has 0 aliphatic carbocycles. The first-order chi connectivity index (χ1) is 7.29. The van der Waals surface area contributed by atoms with Crippen molar-refractivity contribution < 1.29 is 14.6 Å². The number of aromatic hydroxyl groups is 1. The second-order valence-electron chi connectivity index (χ2n) is 4.45. The molecule has 0 bridgehead atoms. The number of hydrogen-bond acceptors (Lipinski definition) is 3. The van der Waals surface area contributed by atoms with Crippen molar-refractivity contribution in [3.05, 3.63) is 28.0 Å². The summed E-state index contributed by atoms with van der Waals surface area (Å²) >= 11 is 3.05. The fraction of sp³-hybridized carbons (Fsp3) is 0.455. The van der Waals surface area contributed by atoms with E-state index in [2.05, 4.69) is 15.9 Å². The molecule has 1 atom stereocenters. The van der Waals surface area contributed by atoms with Gasteiger partial charge in [-0.1, -0.05) is 13.8 Å². The van der Waals surface area contributed by atoms with Gasteiger partial charge >= 0.3 is 0 Å². The van der Waals surface area contributed by atoms with Gasteiger partial charge in [0.25, 0.3) is 0 Å². The standard InChI is InChI=1S/C11H15BrFNO2.ClH/c1-11(2,5-15)10(14)7-3-6(13)4-8(12)9(7)16;/h3-4,10,15-16H,5,14H2,1-2H3;1H/t10-;/m1./s1. The number of phenols is 1. The largest absolute Gasteiger partial charge is 0.506 e. The molecule has 0 saturated carbocycles. The minimum atomic E-state index is -0.649. The average molecular weight is 329 g/mol. The van der Waals surface area contributed by atoms with E-state index in [1.807, 2.05) is 0 Å². The first kappa shape index (κ1) is 16.6. The van der Waals surface area contributed by atoms with Gasteiger partial charge in [0.15, 0.2) is 0 Å². The molecule has 0 unspecified atom stereocenters. The lowest BCUT2D eigenvalue weighted by molar-refractivity contribution is 0.131. The van der Waals surface area contributed by atoms with Gasteiger partial charge in [-0.2, -0.15) is 0 Å². The van der Waals surface area contributed by atoms with E-state index in [9.17, 15) is 14.6 Å². The molecule has 0 heterocycles. The highest BCUT2D eigenvalue weighted by molar-refractivity contribution is 9.10. The van der Waals surface area contributed by atoms with Crippen molar-refractivity contribution in [3.8, 4) is 5.75 Å². The zero-order valence-corrected chi connectivity index (χ0v) is 12.0. The Kier molecular flexibility index (Phi) is 5.87. The van der Waals surface area contributed by atoms with Crippen LogP contribution in [-0.2, 0) is 0 Å². The predicted molar refractivity (Wildman–Crippen MR) is 70.8 cm³/mol. The summed E-state index contributed by atoms with van der Waals surface area (Å²) in [6.45, 7) is 3.34. The zero-order valence-electron chi connectivity index (χ0n) is 9.58. The highest BCUT2D eigenvalue weighted by Gasteiger charge is 2.29. The Bertz CT molecular complexity index is 401. The fourth-order valence-electron chi connectivity index (χ4n) is 1.34. The van der Waals surface area contributed by atoms with Crippen LogP contribution in [0.5, 0.6) is 5.75 Å². The van der Waals surface area contributed by atoms with Gasteiger partial charge < -0.3 is 15.9 Å². The van der Waals surface area contributed by atoms with Gasteiger partial charge in [-0.05, 0) is 28.1 Å². The maximum Gasteiger partial charge on any atom is 0.134 e. The Hall–Kier alpha value is -0.360. The first-order valence-corrected chi connectivity index (χ1v) is 5.63. The molecule has 0 aliphatic rings. The van der Waals surface area contributed by atoms with E-state index in [-0.39, 0.29) is 34.8 Å². The average Bonchev–Trinajstić information content (AvgIpc) is 2.22. The lowest BCUT2D eigenvalue weighted by atomic mass is 9.81. The number of halogens is 3. The quantitative estimate of drug-likeness (QED) is 0.799. The van der Waals surface area contributed by atoms with Crippen molar-refractivity contribution in [1.29, 1.82) is 0 Å². The second-order valence-corrected chi connectivity index (χ2v) is 5.30. The minimum absolute atomic E-state index is 0. The van der Waals surface area contributed by atoms with E-state index < -0.39 is 17.3 Å². The van der Waals surface area contributed by atoms with Gasteiger partial charge in [0.2, 0.25) is 0 Å². The lowest BCUT2D eigenvalue weighted by Gasteiger charge is -2.30. The molecule has 6 heteroatoms.